The average molecular weight is 372 g/mol. The Bertz CT molecular complexity index is 569. The summed E-state index contributed by atoms with van der Waals surface area (Å²) in [4.78, 5) is 17.6. The maximum Gasteiger partial charge on any atom is 0.240 e. The molecule has 4 rings (SSSR count). The van der Waals surface area contributed by atoms with Gasteiger partial charge in [0, 0.05) is 32.2 Å². The number of hydrogen-bond acceptors (Lipinski definition) is 3. The number of piperidine rings is 1. The van der Waals surface area contributed by atoms with Crippen LogP contribution in [0.4, 0.5) is 0 Å². The van der Waals surface area contributed by atoms with E-state index in [9.17, 15) is 4.79 Å². The molecule has 2 unspecified atom stereocenters. The van der Waals surface area contributed by atoms with Crippen LogP contribution in [0.2, 0.25) is 0 Å². The minimum Gasteiger partial charge on any atom is -0.338 e. The van der Waals surface area contributed by atoms with E-state index >= 15 is 0 Å². The molecular weight excluding hydrogens is 345 g/mol. The van der Waals surface area contributed by atoms with Crippen molar-refractivity contribution in [3.63, 3.8) is 0 Å². The highest BCUT2D eigenvalue weighted by Crippen LogP contribution is 2.23. The molecule has 2 fully saturated rings. The van der Waals surface area contributed by atoms with Crippen LogP contribution in [0.3, 0.4) is 0 Å². The van der Waals surface area contributed by atoms with Gasteiger partial charge in [0.15, 0.2) is 0 Å². The van der Waals surface area contributed by atoms with E-state index in [1.807, 2.05) is 0 Å². The second-order valence-corrected chi connectivity index (χ2v) is 6.88. The molecule has 1 amide bonds. The Hall–Kier alpha value is -0.810. The lowest BCUT2D eigenvalue weighted by atomic mass is 9.94. The molecule has 2 atom stereocenters. The lowest BCUT2D eigenvalue weighted by Crippen LogP contribution is -2.59. The Balaban J connectivity index is 0.00000104. The highest BCUT2D eigenvalue weighted by molar-refractivity contribution is 5.85. The second kappa shape index (κ2) is 8.52. The van der Waals surface area contributed by atoms with Crippen LogP contribution in [-0.4, -0.2) is 54.0 Å². The summed E-state index contributed by atoms with van der Waals surface area (Å²) in [6.07, 6.45) is 4.73. The van der Waals surface area contributed by atoms with E-state index in [4.69, 9.17) is 0 Å². The summed E-state index contributed by atoms with van der Waals surface area (Å²) in [5.74, 6) is 0.305. The number of nitrogens with one attached hydrogen (secondary N) is 1. The maximum atomic E-state index is 12.9. The van der Waals surface area contributed by atoms with E-state index in [1.54, 1.807) is 0 Å². The summed E-state index contributed by atoms with van der Waals surface area (Å²) in [7, 11) is 0. The van der Waals surface area contributed by atoms with Crippen molar-refractivity contribution in [3.8, 4) is 0 Å². The number of piperazine rings is 1. The van der Waals surface area contributed by atoms with E-state index in [0.29, 0.717) is 11.9 Å². The van der Waals surface area contributed by atoms with Gasteiger partial charge in [0.05, 0.1) is 6.04 Å². The van der Waals surface area contributed by atoms with Gasteiger partial charge in [-0.2, -0.15) is 0 Å². The van der Waals surface area contributed by atoms with Crippen molar-refractivity contribution in [2.75, 3.05) is 26.2 Å². The van der Waals surface area contributed by atoms with E-state index in [0.717, 1.165) is 32.6 Å². The first kappa shape index (κ1) is 19.5. The highest BCUT2D eigenvalue weighted by Gasteiger charge is 2.34. The first-order chi connectivity index (χ1) is 10.8. The number of amides is 1. The molecule has 1 aromatic carbocycles. The third-order valence-corrected chi connectivity index (χ3v) is 5.53. The normalized spacial score (nSPS) is 26.4. The fourth-order valence-electron chi connectivity index (χ4n) is 4.21. The van der Waals surface area contributed by atoms with Crippen LogP contribution in [0, 0.1) is 0 Å². The van der Waals surface area contributed by atoms with Gasteiger partial charge in [-0.15, -0.1) is 24.8 Å². The van der Waals surface area contributed by atoms with Crippen LogP contribution in [0.25, 0.3) is 0 Å². The predicted octanol–water partition coefficient (Wildman–Crippen LogP) is 2.24. The molecule has 6 heteroatoms. The van der Waals surface area contributed by atoms with Crippen LogP contribution in [0.15, 0.2) is 24.3 Å². The zero-order chi connectivity index (χ0) is 14.9. The number of carbonyl (C=O) groups is 1. The van der Waals surface area contributed by atoms with Crippen LogP contribution < -0.4 is 5.32 Å². The zero-order valence-corrected chi connectivity index (χ0v) is 15.6. The molecule has 0 aromatic heterocycles. The monoisotopic (exact) mass is 371 g/mol. The van der Waals surface area contributed by atoms with E-state index in [2.05, 4.69) is 39.4 Å². The number of benzene rings is 1. The number of nitrogens with zero attached hydrogens (tertiary/aromatic N) is 2. The van der Waals surface area contributed by atoms with Gasteiger partial charge < -0.3 is 10.2 Å². The molecule has 1 N–H and O–H groups in total. The third kappa shape index (κ3) is 3.88. The average Bonchev–Trinajstić information content (AvgIpc) is 2.60. The van der Waals surface area contributed by atoms with Gasteiger partial charge in [0.1, 0.15) is 0 Å². The SMILES string of the molecule is Cl.Cl.O=C(C1Cc2ccccc2CN1)N1CCN2CCCCC2C1. The Morgan fingerprint density at radius 1 is 1.04 bits per heavy atom. The van der Waals surface area contributed by atoms with Gasteiger partial charge >= 0.3 is 0 Å². The lowest BCUT2D eigenvalue weighted by molar-refractivity contribution is -0.137. The molecule has 0 saturated carbocycles. The Morgan fingerprint density at radius 3 is 2.67 bits per heavy atom. The topological polar surface area (TPSA) is 35.6 Å². The summed E-state index contributed by atoms with van der Waals surface area (Å²) in [5.41, 5.74) is 2.67. The summed E-state index contributed by atoms with van der Waals surface area (Å²) in [5, 5.41) is 3.44. The fraction of sp³-hybridized carbons (Fsp3) is 0.611. The molecule has 2 saturated heterocycles. The number of fused-ring (bicyclic) bond motifs is 2. The molecule has 0 bridgehead atoms. The summed E-state index contributed by atoms with van der Waals surface area (Å²) < 4.78 is 0. The standard InChI is InChI=1S/C18H25N3O.2ClH/c22-18(17-11-14-5-1-2-6-15(14)12-19-17)21-10-9-20-8-4-3-7-16(20)13-21;;/h1-2,5-6,16-17,19H,3-4,7-13H2;2*1H. The van der Waals surface area contributed by atoms with E-state index < -0.39 is 0 Å². The first-order valence-corrected chi connectivity index (χ1v) is 8.64. The quantitative estimate of drug-likeness (QED) is 0.821. The van der Waals surface area contributed by atoms with Crippen molar-refractivity contribution < 1.29 is 4.79 Å². The summed E-state index contributed by atoms with van der Waals surface area (Å²) in [6, 6.07) is 9.03. The summed E-state index contributed by atoms with van der Waals surface area (Å²) in [6.45, 7) is 4.92. The van der Waals surface area contributed by atoms with Gasteiger partial charge in [0.25, 0.3) is 0 Å². The van der Waals surface area contributed by atoms with Crippen molar-refractivity contribution in [3.05, 3.63) is 35.4 Å². The van der Waals surface area contributed by atoms with Crippen molar-refractivity contribution in [1.29, 1.82) is 0 Å². The molecule has 0 aliphatic carbocycles. The van der Waals surface area contributed by atoms with Gasteiger partial charge in [0.2, 0.25) is 5.91 Å². The lowest BCUT2D eigenvalue weighted by Gasteiger charge is -2.45. The van der Waals surface area contributed by atoms with Gasteiger partial charge in [-0.25, -0.2) is 0 Å². The Labute approximate surface area is 156 Å². The largest absolute Gasteiger partial charge is 0.338 e. The number of carbonyl (C=O) groups excluding carboxylic acids is 1. The molecule has 0 spiro atoms. The molecule has 4 nitrogen and oxygen atoms in total. The minimum absolute atomic E-state index is 0. The highest BCUT2D eigenvalue weighted by atomic mass is 35.5. The molecular formula is C18H27Cl2N3O. The van der Waals surface area contributed by atoms with Crippen LogP contribution in [-0.2, 0) is 17.8 Å². The Kier molecular flexibility index (Phi) is 6.93. The van der Waals surface area contributed by atoms with Gasteiger partial charge in [-0.1, -0.05) is 30.7 Å². The minimum atomic E-state index is -0.0370. The molecule has 134 valence electrons. The van der Waals surface area contributed by atoms with Crippen molar-refractivity contribution >= 4 is 30.7 Å². The smallest absolute Gasteiger partial charge is 0.240 e. The number of halogens is 2. The number of hydrogen-bond donors (Lipinski definition) is 1. The van der Waals surface area contributed by atoms with Crippen molar-refractivity contribution in [2.24, 2.45) is 0 Å². The Morgan fingerprint density at radius 2 is 1.83 bits per heavy atom. The molecule has 3 heterocycles. The molecule has 24 heavy (non-hydrogen) atoms. The zero-order valence-electron chi connectivity index (χ0n) is 13.9. The van der Waals surface area contributed by atoms with E-state index in [-0.39, 0.29) is 30.9 Å². The maximum absolute atomic E-state index is 12.9. The number of rotatable bonds is 1. The van der Waals surface area contributed by atoms with E-state index in [1.165, 1.54) is 36.9 Å². The van der Waals surface area contributed by atoms with Gasteiger partial charge in [-0.05, 0) is 36.9 Å². The predicted molar refractivity (Wildman–Crippen MR) is 101 cm³/mol. The summed E-state index contributed by atoms with van der Waals surface area (Å²) >= 11 is 0. The van der Waals surface area contributed by atoms with Gasteiger partial charge in [-0.3, -0.25) is 9.69 Å². The van der Waals surface area contributed by atoms with Crippen LogP contribution in [0.5, 0.6) is 0 Å². The molecule has 3 aliphatic heterocycles. The third-order valence-electron chi connectivity index (χ3n) is 5.53. The second-order valence-electron chi connectivity index (χ2n) is 6.88. The molecule has 3 aliphatic rings. The van der Waals surface area contributed by atoms with Crippen molar-refractivity contribution in [1.82, 2.24) is 15.1 Å². The molecule has 0 radical (unpaired) electrons. The van der Waals surface area contributed by atoms with Crippen LogP contribution in [0.1, 0.15) is 30.4 Å². The van der Waals surface area contributed by atoms with Crippen LogP contribution >= 0.6 is 24.8 Å². The van der Waals surface area contributed by atoms with Crippen molar-refractivity contribution in [2.45, 2.75) is 44.3 Å². The fourth-order valence-corrected chi connectivity index (χ4v) is 4.21. The molecule has 1 aromatic rings. The first-order valence-electron chi connectivity index (χ1n) is 8.64.